The molecule has 35 heavy (non-hydrogen) atoms. The van der Waals surface area contributed by atoms with Gasteiger partial charge in [-0.2, -0.15) is 0 Å². The van der Waals surface area contributed by atoms with Crippen LogP contribution < -0.4 is 20.2 Å². The van der Waals surface area contributed by atoms with Crippen LogP contribution in [0.1, 0.15) is 13.8 Å². The Morgan fingerprint density at radius 2 is 1.54 bits per heavy atom. The number of para-hydroxylation sites is 2. The Bertz CT molecular complexity index is 1330. The highest BCUT2D eigenvalue weighted by atomic mass is 16.5. The molecule has 182 valence electrons. The fraction of sp³-hybridized carbons (Fsp3) is 0.286. The van der Waals surface area contributed by atoms with E-state index >= 15 is 0 Å². The largest absolute Gasteiger partial charge is 0.493 e. The van der Waals surface area contributed by atoms with Gasteiger partial charge in [-0.1, -0.05) is 38.1 Å². The average molecular weight is 474 g/mol. The number of amides is 1. The van der Waals surface area contributed by atoms with Crippen molar-refractivity contribution in [2.24, 2.45) is 0 Å². The van der Waals surface area contributed by atoms with E-state index in [1.54, 1.807) is 37.4 Å². The van der Waals surface area contributed by atoms with Crippen LogP contribution >= 0.6 is 0 Å². The number of hydrogen-bond acceptors (Lipinski definition) is 5. The fourth-order valence-corrected chi connectivity index (χ4v) is 4.28. The number of carbonyl (C=O) groups is 1. The number of rotatable bonds is 10. The number of anilines is 1. The van der Waals surface area contributed by atoms with E-state index in [1.807, 2.05) is 41.0 Å². The Morgan fingerprint density at radius 3 is 2.14 bits per heavy atom. The van der Waals surface area contributed by atoms with Crippen molar-refractivity contribution >= 4 is 33.4 Å². The zero-order valence-electron chi connectivity index (χ0n) is 20.4. The standard InChI is InChI=1S/C28H31N3O4/c1-4-30(5-2)16-17-35-26-18-20(14-15-25(26)34-3)29-27(32)19-31-23-12-8-6-10-21(23)28(33)22-11-7-9-13-24(22)31/h6-15,18H,4-5,16-17,19H2,1-3H3,(H,29,32). The summed E-state index contributed by atoms with van der Waals surface area (Å²) in [5.74, 6) is 0.986. The van der Waals surface area contributed by atoms with E-state index in [-0.39, 0.29) is 17.9 Å². The van der Waals surface area contributed by atoms with E-state index in [0.717, 1.165) is 30.7 Å². The van der Waals surface area contributed by atoms with Crippen molar-refractivity contribution in [3.05, 3.63) is 77.0 Å². The van der Waals surface area contributed by atoms with Gasteiger partial charge in [-0.3, -0.25) is 9.59 Å². The molecular formula is C28H31N3O4. The maximum atomic E-state index is 13.1. The molecule has 7 nitrogen and oxygen atoms in total. The van der Waals surface area contributed by atoms with Crippen molar-refractivity contribution in [2.45, 2.75) is 20.4 Å². The molecule has 1 aromatic heterocycles. The zero-order valence-corrected chi connectivity index (χ0v) is 20.4. The molecule has 0 unspecified atom stereocenters. The Balaban J connectivity index is 1.57. The molecule has 0 saturated carbocycles. The van der Waals surface area contributed by atoms with Crippen LogP contribution in [0.25, 0.3) is 21.8 Å². The highest BCUT2D eigenvalue weighted by Gasteiger charge is 2.14. The summed E-state index contributed by atoms with van der Waals surface area (Å²) in [6.07, 6.45) is 0. The number of carbonyl (C=O) groups excluding carboxylic acids is 1. The van der Waals surface area contributed by atoms with Gasteiger partial charge in [-0.05, 0) is 49.5 Å². The van der Waals surface area contributed by atoms with Gasteiger partial charge in [0.15, 0.2) is 16.9 Å². The maximum Gasteiger partial charge on any atom is 0.244 e. The molecule has 1 N–H and O–H groups in total. The van der Waals surface area contributed by atoms with Gasteiger partial charge in [0.05, 0.1) is 18.1 Å². The van der Waals surface area contributed by atoms with Gasteiger partial charge in [0, 0.05) is 29.1 Å². The van der Waals surface area contributed by atoms with Crippen molar-refractivity contribution in [1.82, 2.24) is 9.47 Å². The summed E-state index contributed by atoms with van der Waals surface area (Å²) in [6, 6.07) is 20.1. The van der Waals surface area contributed by atoms with Crippen molar-refractivity contribution in [2.75, 3.05) is 38.7 Å². The molecule has 0 bridgehead atoms. The highest BCUT2D eigenvalue weighted by molar-refractivity contribution is 5.97. The average Bonchev–Trinajstić information content (AvgIpc) is 2.89. The summed E-state index contributed by atoms with van der Waals surface area (Å²) in [4.78, 5) is 28.3. The molecule has 0 fully saturated rings. The Kier molecular flexibility index (Phi) is 7.67. The van der Waals surface area contributed by atoms with E-state index in [0.29, 0.717) is 34.6 Å². The van der Waals surface area contributed by atoms with Gasteiger partial charge in [-0.25, -0.2) is 0 Å². The Hall–Kier alpha value is -3.84. The number of methoxy groups -OCH3 is 1. The lowest BCUT2D eigenvalue weighted by atomic mass is 10.1. The SMILES string of the molecule is CCN(CC)CCOc1cc(NC(=O)Cn2c3ccccc3c(=O)c3ccccc32)ccc1OC. The van der Waals surface area contributed by atoms with Gasteiger partial charge in [0.25, 0.3) is 0 Å². The monoisotopic (exact) mass is 473 g/mol. The van der Waals surface area contributed by atoms with Crippen LogP contribution in [0.2, 0.25) is 0 Å². The van der Waals surface area contributed by atoms with E-state index in [2.05, 4.69) is 24.1 Å². The van der Waals surface area contributed by atoms with Crippen LogP contribution in [0.5, 0.6) is 11.5 Å². The number of likely N-dealkylation sites (N-methyl/N-ethyl adjacent to an activating group) is 1. The molecular weight excluding hydrogens is 442 g/mol. The molecule has 0 radical (unpaired) electrons. The third-order valence-corrected chi connectivity index (χ3v) is 6.19. The number of benzene rings is 3. The first-order valence-corrected chi connectivity index (χ1v) is 11.9. The molecule has 0 aliphatic carbocycles. The van der Waals surface area contributed by atoms with E-state index < -0.39 is 0 Å². The van der Waals surface area contributed by atoms with Crippen LogP contribution in [-0.4, -0.2) is 48.7 Å². The van der Waals surface area contributed by atoms with Crippen molar-refractivity contribution < 1.29 is 14.3 Å². The van der Waals surface area contributed by atoms with Crippen molar-refractivity contribution in [3.63, 3.8) is 0 Å². The highest BCUT2D eigenvalue weighted by Crippen LogP contribution is 2.30. The number of aromatic nitrogens is 1. The van der Waals surface area contributed by atoms with E-state index in [4.69, 9.17) is 9.47 Å². The second kappa shape index (κ2) is 11.1. The van der Waals surface area contributed by atoms with Crippen LogP contribution in [-0.2, 0) is 11.3 Å². The summed E-state index contributed by atoms with van der Waals surface area (Å²) in [7, 11) is 1.59. The molecule has 4 aromatic rings. The molecule has 0 aliphatic rings. The first-order chi connectivity index (χ1) is 17.0. The Labute approximate surface area is 204 Å². The predicted octanol–water partition coefficient (Wildman–Crippen LogP) is 4.52. The predicted molar refractivity (Wildman–Crippen MR) is 141 cm³/mol. The lowest BCUT2D eigenvalue weighted by molar-refractivity contribution is -0.116. The number of nitrogens with zero attached hydrogens (tertiary/aromatic N) is 2. The summed E-state index contributed by atoms with van der Waals surface area (Å²) in [5, 5.41) is 4.14. The second-order valence-electron chi connectivity index (χ2n) is 8.24. The zero-order chi connectivity index (χ0) is 24.8. The van der Waals surface area contributed by atoms with Crippen LogP contribution in [0.4, 0.5) is 5.69 Å². The lowest BCUT2D eigenvalue weighted by Crippen LogP contribution is -2.28. The lowest BCUT2D eigenvalue weighted by Gasteiger charge is -2.19. The normalized spacial score (nSPS) is 11.2. The third-order valence-electron chi connectivity index (χ3n) is 6.19. The summed E-state index contributed by atoms with van der Waals surface area (Å²) in [5.41, 5.74) is 2.03. The van der Waals surface area contributed by atoms with Crippen molar-refractivity contribution in [3.8, 4) is 11.5 Å². The minimum absolute atomic E-state index is 0.0329. The molecule has 0 aliphatic heterocycles. The first kappa shape index (κ1) is 24.3. The van der Waals surface area contributed by atoms with Crippen LogP contribution in [0.3, 0.4) is 0 Å². The van der Waals surface area contributed by atoms with Gasteiger partial charge in [0.1, 0.15) is 13.2 Å². The Morgan fingerprint density at radius 1 is 0.914 bits per heavy atom. The topological polar surface area (TPSA) is 72.8 Å². The number of hydrogen-bond donors (Lipinski definition) is 1. The van der Waals surface area contributed by atoms with Gasteiger partial charge in [0.2, 0.25) is 5.91 Å². The van der Waals surface area contributed by atoms with E-state index in [9.17, 15) is 9.59 Å². The number of pyridine rings is 1. The molecule has 0 spiro atoms. The van der Waals surface area contributed by atoms with Gasteiger partial charge >= 0.3 is 0 Å². The molecule has 1 heterocycles. The minimum Gasteiger partial charge on any atom is -0.493 e. The molecule has 0 saturated heterocycles. The molecule has 1 amide bonds. The molecule has 4 rings (SSSR count). The molecule has 3 aromatic carbocycles. The number of ether oxygens (including phenoxy) is 2. The second-order valence-corrected chi connectivity index (χ2v) is 8.24. The van der Waals surface area contributed by atoms with E-state index in [1.165, 1.54) is 0 Å². The number of nitrogens with one attached hydrogen (secondary N) is 1. The minimum atomic E-state index is -0.205. The molecule has 7 heteroatoms. The summed E-state index contributed by atoms with van der Waals surface area (Å²) in [6.45, 7) is 7.54. The van der Waals surface area contributed by atoms with Gasteiger partial charge in [-0.15, -0.1) is 0 Å². The smallest absolute Gasteiger partial charge is 0.244 e. The number of fused-ring (bicyclic) bond motifs is 2. The maximum absolute atomic E-state index is 13.1. The first-order valence-electron chi connectivity index (χ1n) is 11.9. The van der Waals surface area contributed by atoms with Crippen molar-refractivity contribution in [1.29, 1.82) is 0 Å². The quantitative estimate of drug-likeness (QED) is 0.343. The summed E-state index contributed by atoms with van der Waals surface area (Å²) >= 11 is 0. The van der Waals surface area contributed by atoms with Crippen LogP contribution in [0.15, 0.2) is 71.5 Å². The fourth-order valence-electron chi connectivity index (χ4n) is 4.28. The van der Waals surface area contributed by atoms with Crippen LogP contribution in [0, 0.1) is 0 Å². The summed E-state index contributed by atoms with van der Waals surface area (Å²) < 4.78 is 13.3. The van der Waals surface area contributed by atoms with Gasteiger partial charge < -0.3 is 24.3 Å². The third kappa shape index (κ3) is 5.30. The molecule has 0 atom stereocenters.